The van der Waals surface area contributed by atoms with Crippen LogP contribution in [0.3, 0.4) is 0 Å². The van der Waals surface area contributed by atoms with Crippen molar-refractivity contribution in [2.45, 2.75) is 6.92 Å². The zero-order chi connectivity index (χ0) is 18.8. The van der Waals surface area contributed by atoms with E-state index in [9.17, 15) is 18.7 Å². The van der Waals surface area contributed by atoms with Crippen LogP contribution < -0.4 is 9.47 Å². The summed E-state index contributed by atoms with van der Waals surface area (Å²) >= 11 is 0. The molecule has 0 atom stereocenters. The van der Waals surface area contributed by atoms with Crippen LogP contribution in [-0.4, -0.2) is 29.8 Å². The second-order valence-corrected chi connectivity index (χ2v) is 5.44. The Kier molecular flexibility index (Phi) is 4.71. The zero-order valence-corrected chi connectivity index (χ0v) is 14.0. The van der Waals surface area contributed by atoms with Crippen molar-refractivity contribution >= 4 is 16.9 Å². The number of carboxylic acid groups (broad SMARTS) is 1. The molecule has 134 valence electrons. The first-order chi connectivity index (χ1) is 12.4. The molecule has 0 saturated heterocycles. The predicted octanol–water partition coefficient (Wildman–Crippen LogP) is 4.29. The lowest BCUT2D eigenvalue weighted by Crippen LogP contribution is -2.02. The first-order valence-corrected chi connectivity index (χ1v) is 7.79. The summed E-state index contributed by atoms with van der Waals surface area (Å²) in [6.07, 6.45) is 0. The SMILES string of the molecule is CCOc1cc2c(C(=O)O)cc(-c3ccc(F)c(F)c3)nc2cc1OC. The number of aromatic carboxylic acids is 1. The Bertz CT molecular complexity index is 1000. The fourth-order valence-electron chi connectivity index (χ4n) is 2.64. The van der Waals surface area contributed by atoms with Crippen molar-refractivity contribution < 1.29 is 28.2 Å². The van der Waals surface area contributed by atoms with Gasteiger partial charge in [0.2, 0.25) is 0 Å². The quantitative estimate of drug-likeness (QED) is 0.736. The lowest BCUT2D eigenvalue weighted by molar-refractivity contribution is 0.0699. The second-order valence-electron chi connectivity index (χ2n) is 5.44. The van der Waals surface area contributed by atoms with Crippen molar-refractivity contribution in [3.05, 3.63) is 53.6 Å². The highest BCUT2D eigenvalue weighted by molar-refractivity contribution is 6.04. The third-order valence-electron chi connectivity index (χ3n) is 3.84. The first-order valence-electron chi connectivity index (χ1n) is 7.79. The van der Waals surface area contributed by atoms with Crippen LogP contribution in [0.25, 0.3) is 22.2 Å². The highest BCUT2D eigenvalue weighted by Gasteiger charge is 2.17. The number of benzene rings is 2. The lowest BCUT2D eigenvalue weighted by atomic mass is 10.0. The molecule has 1 aromatic heterocycles. The van der Waals surface area contributed by atoms with Gasteiger partial charge in [-0.25, -0.2) is 18.6 Å². The number of hydrogen-bond donors (Lipinski definition) is 1. The Hall–Kier alpha value is -3.22. The summed E-state index contributed by atoms with van der Waals surface area (Å²) in [6.45, 7) is 2.18. The summed E-state index contributed by atoms with van der Waals surface area (Å²) in [7, 11) is 1.46. The molecule has 0 aliphatic rings. The van der Waals surface area contributed by atoms with Gasteiger partial charge in [0.05, 0.1) is 30.5 Å². The van der Waals surface area contributed by atoms with Crippen LogP contribution in [0.2, 0.25) is 0 Å². The van der Waals surface area contributed by atoms with Gasteiger partial charge in [-0.2, -0.15) is 0 Å². The number of carboxylic acids is 1. The van der Waals surface area contributed by atoms with Crippen molar-refractivity contribution in [1.29, 1.82) is 0 Å². The third-order valence-corrected chi connectivity index (χ3v) is 3.84. The van der Waals surface area contributed by atoms with Crippen LogP contribution >= 0.6 is 0 Å². The summed E-state index contributed by atoms with van der Waals surface area (Å²) in [4.78, 5) is 16.1. The first kappa shape index (κ1) is 17.6. The minimum Gasteiger partial charge on any atom is -0.493 e. The van der Waals surface area contributed by atoms with Crippen LogP contribution in [0.5, 0.6) is 11.5 Å². The summed E-state index contributed by atoms with van der Waals surface area (Å²) in [5, 5.41) is 9.92. The maximum Gasteiger partial charge on any atom is 0.336 e. The number of hydrogen-bond acceptors (Lipinski definition) is 4. The molecule has 0 bridgehead atoms. The number of halogens is 2. The molecule has 0 fully saturated rings. The summed E-state index contributed by atoms with van der Waals surface area (Å²) in [6, 6.07) is 7.69. The second kappa shape index (κ2) is 6.95. The van der Waals surface area contributed by atoms with Gasteiger partial charge in [0, 0.05) is 17.0 Å². The topological polar surface area (TPSA) is 68.7 Å². The monoisotopic (exact) mass is 359 g/mol. The summed E-state index contributed by atoms with van der Waals surface area (Å²) in [5.41, 5.74) is 0.782. The van der Waals surface area contributed by atoms with Gasteiger partial charge in [0.15, 0.2) is 23.1 Å². The van der Waals surface area contributed by atoms with Gasteiger partial charge < -0.3 is 14.6 Å². The normalized spacial score (nSPS) is 10.8. The molecule has 0 unspecified atom stereocenters. The van der Waals surface area contributed by atoms with E-state index in [0.29, 0.717) is 29.0 Å². The zero-order valence-electron chi connectivity index (χ0n) is 14.0. The van der Waals surface area contributed by atoms with Gasteiger partial charge in [0.25, 0.3) is 0 Å². The number of carbonyl (C=O) groups is 1. The van der Waals surface area contributed by atoms with Crippen LogP contribution in [0, 0.1) is 11.6 Å². The molecule has 3 aromatic rings. The van der Waals surface area contributed by atoms with Gasteiger partial charge in [-0.3, -0.25) is 0 Å². The van der Waals surface area contributed by atoms with Crippen LogP contribution in [-0.2, 0) is 0 Å². The van der Waals surface area contributed by atoms with Crippen molar-refractivity contribution in [2.75, 3.05) is 13.7 Å². The molecule has 0 aliphatic carbocycles. The molecule has 0 saturated carbocycles. The molecule has 1 heterocycles. The molecule has 3 rings (SSSR count). The van der Waals surface area contributed by atoms with Gasteiger partial charge in [-0.15, -0.1) is 0 Å². The van der Waals surface area contributed by atoms with E-state index in [1.54, 1.807) is 19.1 Å². The van der Waals surface area contributed by atoms with Crippen molar-refractivity contribution in [3.63, 3.8) is 0 Å². The number of methoxy groups -OCH3 is 1. The Morgan fingerprint density at radius 2 is 1.88 bits per heavy atom. The predicted molar refractivity (Wildman–Crippen MR) is 91.8 cm³/mol. The van der Waals surface area contributed by atoms with Crippen LogP contribution in [0.15, 0.2) is 36.4 Å². The van der Waals surface area contributed by atoms with E-state index < -0.39 is 17.6 Å². The average molecular weight is 359 g/mol. The van der Waals surface area contributed by atoms with Gasteiger partial charge >= 0.3 is 5.97 Å². The van der Waals surface area contributed by atoms with Gasteiger partial charge in [-0.05, 0) is 37.3 Å². The third kappa shape index (κ3) is 3.15. The van der Waals surface area contributed by atoms with Crippen molar-refractivity contribution in [3.8, 4) is 22.8 Å². The molecule has 2 aromatic carbocycles. The number of nitrogens with zero attached hydrogens (tertiary/aromatic N) is 1. The maximum absolute atomic E-state index is 13.5. The van der Waals surface area contributed by atoms with E-state index >= 15 is 0 Å². The molecule has 0 radical (unpaired) electrons. The largest absolute Gasteiger partial charge is 0.493 e. The molecule has 26 heavy (non-hydrogen) atoms. The number of aromatic nitrogens is 1. The number of fused-ring (bicyclic) bond motifs is 1. The lowest BCUT2D eigenvalue weighted by Gasteiger charge is -2.13. The van der Waals surface area contributed by atoms with E-state index in [2.05, 4.69) is 4.98 Å². The fraction of sp³-hybridized carbons (Fsp3) is 0.158. The molecule has 7 heteroatoms. The van der Waals surface area contributed by atoms with E-state index in [1.807, 2.05) is 0 Å². The standard InChI is InChI=1S/C19H15F2NO4/c1-3-26-18-8-11-12(19(23)24)7-15(22-16(11)9-17(18)25-2)10-4-5-13(20)14(21)6-10/h4-9H,3H2,1-2H3,(H,23,24). The molecule has 1 N–H and O–H groups in total. The van der Waals surface area contributed by atoms with E-state index in [0.717, 1.165) is 12.1 Å². The Morgan fingerprint density at radius 1 is 1.12 bits per heavy atom. The Morgan fingerprint density at radius 3 is 2.50 bits per heavy atom. The van der Waals surface area contributed by atoms with E-state index in [4.69, 9.17) is 9.47 Å². The van der Waals surface area contributed by atoms with Crippen molar-refractivity contribution in [1.82, 2.24) is 4.98 Å². The Labute approximate surface area is 147 Å². The molecule has 0 amide bonds. The molecule has 5 nitrogen and oxygen atoms in total. The number of rotatable bonds is 5. The van der Waals surface area contributed by atoms with Gasteiger partial charge in [-0.1, -0.05) is 0 Å². The highest BCUT2D eigenvalue weighted by atomic mass is 19.2. The molecule has 0 spiro atoms. The smallest absolute Gasteiger partial charge is 0.336 e. The maximum atomic E-state index is 13.5. The molecular formula is C19H15F2NO4. The minimum atomic E-state index is -1.17. The van der Waals surface area contributed by atoms with Crippen LogP contribution in [0.1, 0.15) is 17.3 Å². The minimum absolute atomic E-state index is 0.0293. The number of pyridine rings is 1. The van der Waals surface area contributed by atoms with Crippen molar-refractivity contribution in [2.24, 2.45) is 0 Å². The highest BCUT2D eigenvalue weighted by Crippen LogP contribution is 2.35. The van der Waals surface area contributed by atoms with Crippen LogP contribution in [0.4, 0.5) is 8.78 Å². The Balaban J connectivity index is 2.28. The molecular weight excluding hydrogens is 344 g/mol. The van der Waals surface area contributed by atoms with E-state index in [-0.39, 0.29) is 16.8 Å². The van der Waals surface area contributed by atoms with E-state index in [1.165, 1.54) is 19.2 Å². The number of ether oxygens (including phenoxy) is 2. The summed E-state index contributed by atoms with van der Waals surface area (Å²) in [5.74, 6) is -2.41. The molecule has 0 aliphatic heterocycles. The summed E-state index contributed by atoms with van der Waals surface area (Å²) < 4.78 is 37.5. The average Bonchev–Trinajstić information content (AvgIpc) is 2.62. The van der Waals surface area contributed by atoms with Gasteiger partial charge in [0.1, 0.15) is 0 Å². The fourth-order valence-corrected chi connectivity index (χ4v) is 2.64.